The molecule has 1 aromatic carbocycles. The topological polar surface area (TPSA) is 25.2 Å². The van der Waals surface area contributed by atoms with E-state index in [2.05, 4.69) is 51.0 Å². The predicted octanol–water partition coefficient (Wildman–Crippen LogP) is 5.22. The highest BCUT2D eigenvalue weighted by atomic mass is 79.9. The van der Waals surface area contributed by atoms with Crippen LogP contribution in [0.15, 0.2) is 43.7 Å². The fourth-order valence-corrected chi connectivity index (χ4v) is 3.03. The van der Waals surface area contributed by atoms with Crippen molar-refractivity contribution in [2.45, 2.75) is 20.4 Å². The van der Waals surface area contributed by atoms with Crippen molar-refractivity contribution in [2.24, 2.45) is 5.92 Å². The molecule has 0 unspecified atom stereocenters. The van der Waals surface area contributed by atoms with E-state index < -0.39 is 0 Å². The predicted molar refractivity (Wildman–Crippen MR) is 86.1 cm³/mol. The molecule has 0 aliphatic carbocycles. The second-order valence-electron chi connectivity index (χ2n) is 4.91. The quantitative estimate of drug-likeness (QED) is 0.762. The van der Waals surface area contributed by atoms with Crippen LogP contribution in [0.25, 0.3) is 11.3 Å². The lowest BCUT2D eigenvalue weighted by molar-refractivity contribution is 0.472. The third-order valence-corrected chi connectivity index (χ3v) is 3.86. The van der Waals surface area contributed by atoms with Crippen LogP contribution in [0.2, 0.25) is 0 Å². The highest BCUT2D eigenvalue weighted by Crippen LogP contribution is 2.31. The van der Waals surface area contributed by atoms with Gasteiger partial charge in [-0.2, -0.15) is 0 Å². The van der Waals surface area contributed by atoms with Crippen molar-refractivity contribution in [3.63, 3.8) is 0 Å². The van der Waals surface area contributed by atoms with E-state index in [1.54, 1.807) is 0 Å². The summed E-state index contributed by atoms with van der Waals surface area (Å²) >= 11 is 7.01. The highest BCUT2D eigenvalue weighted by molar-refractivity contribution is 9.11. The van der Waals surface area contributed by atoms with Gasteiger partial charge in [-0.15, -0.1) is 0 Å². The summed E-state index contributed by atoms with van der Waals surface area (Å²) in [7, 11) is 0. The fourth-order valence-electron chi connectivity index (χ4n) is 1.79. The molecule has 0 amide bonds. The molecule has 0 radical (unpaired) electrons. The highest BCUT2D eigenvalue weighted by Gasteiger charge is 2.08. The molecule has 0 spiro atoms. The smallest absolute Gasteiger partial charge is 0.135 e. The van der Waals surface area contributed by atoms with Crippen molar-refractivity contribution in [2.75, 3.05) is 6.54 Å². The van der Waals surface area contributed by atoms with Crippen LogP contribution in [0.4, 0.5) is 0 Å². The van der Waals surface area contributed by atoms with Crippen molar-refractivity contribution in [1.82, 2.24) is 5.32 Å². The molecule has 0 bridgehead atoms. The van der Waals surface area contributed by atoms with Gasteiger partial charge in [-0.1, -0.05) is 29.8 Å². The Morgan fingerprint density at radius 3 is 2.63 bits per heavy atom. The van der Waals surface area contributed by atoms with E-state index in [9.17, 15) is 0 Å². The molecule has 0 saturated carbocycles. The van der Waals surface area contributed by atoms with Crippen molar-refractivity contribution in [3.05, 3.63) is 45.0 Å². The van der Waals surface area contributed by atoms with Crippen LogP contribution in [-0.4, -0.2) is 6.54 Å². The molecule has 0 aliphatic heterocycles. The van der Waals surface area contributed by atoms with Crippen LogP contribution in [0.3, 0.4) is 0 Å². The summed E-state index contributed by atoms with van der Waals surface area (Å²) < 4.78 is 7.94. The Labute approximate surface area is 130 Å². The fraction of sp³-hybridized carbons (Fsp3) is 0.333. The van der Waals surface area contributed by atoms with Gasteiger partial charge in [0.15, 0.2) is 0 Å². The Morgan fingerprint density at radius 2 is 1.95 bits per heavy atom. The average Bonchev–Trinajstić information content (AvgIpc) is 2.77. The molecule has 4 heteroatoms. The zero-order valence-corrected chi connectivity index (χ0v) is 14.2. The Kier molecular flexibility index (Phi) is 5.25. The van der Waals surface area contributed by atoms with Crippen LogP contribution < -0.4 is 5.32 Å². The largest absolute Gasteiger partial charge is 0.460 e. The Morgan fingerprint density at radius 1 is 1.16 bits per heavy atom. The monoisotopic (exact) mass is 385 g/mol. The van der Waals surface area contributed by atoms with E-state index in [-0.39, 0.29) is 0 Å². The van der Waals surface area contributed by atoms with Crippen molar-refractivity contribution >= 4 is 31.9 Å². The third-order valence-electron chi connectivity index (χ3n) is 2.71. The summed E-state index contributed by atoms with van der Waals surface area (Å²) in [6, 6.07) is 10.1. The van der Waals surface area contributed by atoms with Crippen LogP contribution in [0.5, 0.6) is 0 Å². The van der Waals surface area contributed by atoms with Crippen molar-refractivity contribution < 1.29 is 4.42 Å². The van der Waals surface area contributed by atoms with Crippen molar-refractivity contribution in [1.29, 1.82) is 0 Å². The summed E-state index contributed by atoms with van der Waals surface area (Å²) in [5.41, 5.74) is 1.07. The molecule has 0 saturated heterocycles. The summed E-state index contributed by atoms with van der Waals surface area (Å²) in [4.78, 5) is 0. The van der Waals surface area contributed by atoms with Gasteiger partial charge in [0, 0.05) is 14.5 Å². The molecule has 1 heterocycles. The second kappa shape index (κ2) is 6.73. The first-order valence-corrected chi connectivity index (χ1v) is 7.89. The molecule has 0 fully saturated rings. The maximum atomic E-state index is 5.86. The minimum Gasteiger partial charge on any atom is -0.460 e. The van der Waals surface area contributed by atoms with Crippen molar-refractivity contribution in [3.8, 4) is 11.3 Å². The zero-order chi connectivity index (χ0) is 13.8. The maximum absolute atomic E-state index is 5.86. The summed E-state index contributed by atoms with van der Waals surface area (Å²) in [5, 5.41) is 3.38. The number of nitrogens with one attached hydrogen (secondary N) is 1. The van der Waals surface area contributed by atoms with E-state index in [0.717, 1.165) is 39.1 Å². The first-order valence-electron chi connectivity index (χ1n) is 6.31. The van der Waals surface area contributed by atoms with E-state index in [1.165, 1.54) is 0 Å². The van der Waals surface area contributed by atoms with E-state index in [0.29, 0.717) is 5.92 Å². The number of benzene rings is 1. The molecule has 1 N–H and O–H groups in total. The van der Waals surface area contributed by atoms with Gasteiger partial charge in [-0.05, 0) is 58.7 Å². The standard InChI is InChI=1S/C15H17Br2NO/c1-10(2)8-18-9-12-4-6-15(19-12)13-5-3-11(16)7-14(13)17/h3-7,10,18H,8-9H2,1-2H3. The minimum atomic E-state index is 0.648. The summed E-state index contributed by atoms with van der Waals surface area (Å²) in [6.45, 7) is 6.16. The Hall–Kier alpha value is -0.580. The Bertz CT molecular complexity index is 549. The van der Waals surface area contributed by atoms with Crippen LogP contribution in [-0.2, 0) is 6.54 Å². The molecule has 2 rings (SSSR count). The summed E-state index contributed by atoms with van der Waals surface area (Å²) in [5.74, 6) is 2.50. The number of hydrogen-bond donors (Lipinski definition) is 1. The molecule has 0 atom stereocenters. The molecular formula is C15H17Br2NO. The van der Waals surface area contributed by atoms with Gasteiger partial charge in [0.2, 0.25) is 0 Å². The lowest BCUT2D eigenvalue weighted by Crippen LogP contribution is -2.18. The molecule has 2 nitrogen and oxygen atoms in total. The first kappa shape index (κ1) is 14.8. The SMILES string of the molecule is CC(C)CNCc1ccc(-c2ccc(Br)cc2Br)o1. The molecule has 19 heavy (non-hydrogen) atoms. The zero-order valence-electron chi connectivity index (χ0n) is 11.0. The lowest BCUT2D eigenvalue weighted by atomic mass is 10.2. The van der Waals surface area contributed by atoms with Crippen LogP contribution in [0, 0.1) is 5.92 Å². The normalized spacial score (nSPS) is 11.2. The number of hydrogen-bond acceptors (Lipinski definition) is 2. The second-order valence-corrected chi connectivity index (χ2v) is 6.68. The first-order chi connectivity index (χ1) is 9.06. The van der Waals surface area contributed by atoms with E-state index in [1.807, 2.05) is 30.3 Å². The molecule has 1 aromatic heterocycles. The number of rotatable bonds is 5. The maximum Gasteiger partial charge on any atom is 0.135 e. The molecular weight excluding hydrogens is 370 g/mol. The van der Waals surface area contributed by atoms with Gasteiger partial charge in [-0.3, -0.25) is 0 Å². The average molecular weight is 387 g/mol. The van der Waals surface area contributed by atoms with E-state index >= 15 is 0 Å². The van der Waals surface area contributed by atoms with Gasteiger partial charge < -0.3 is 9.73 Å². The van der Waals surface area contributed by atoms with Crippen LogP contribution >= 0.6 is 31.9 Å². The third kappa shape index (κ3) is 4.20. The Balaban J connectivity index is 2.08. The molecule has 102 valence electrons. The molecule has 2 aromatic rings. The van der Waals surface area contributed by atoms with E-state index in [4.69, 9.17) is 4.42 Å². The minimum absolute atomic E-state index is 0.648. The number of halogens is 2. The van der Waals surface area contributed by atoms with Crippen LogP contribution in [0.1, 0.15) is 19.6 Å². The van der Waals surface area contributed by atoms with Gasteiger partial charge >= 0.3 is 0 Å². The summed E-state index contributed by atoms with van der Waals surface area (Å²) in [6.07, 6.45) is 0. The van der Waals surface area contributed by atoms with Gasteiger partial charge in [0.1, 0.15) is 11.5 Å². The van der Waals surface area contributed by atoms with Gasteiger partial charge in [0.25, 0.3) is 0 Å². The van der Waals surface area contributed by atoms with Gasteiger partial charge in [0.05, 0.1) is 6.54 Å². The molecule has 0 aliphatic rings. The lowest BCUT2D eigenvalue weighted by Gasteiger charge is -2.05. The van der Waals surface area contributed by atoms with Gasteiger partial charge in [-0.25, -0.2) is 0 Å². The number of furan rings is 1.